The van der Waals surface area contributed by atoms with Gasteiger partial charge in [0.05, 0.1) is 64.1 Å². The van der Waals surface area contributed by atoms with Crippen LogP contribution in [0.2, 0.25) is 0 Å². The number of benzene rings is 1. The van der Waals surface area contributed by atoms with Crippen LogP contribution >= 0.6 is 0 Å². The van der Waals surface area contributed by atoms with E-state index in [-0.39, 0.29) is 13.2 Å². The molecule has 1 aromatic carbocycles. The van der Waals surface area contributed by atoms with Gasteiger partial charge in [-0.3, -0.25) is 4.90 Å². The SMILES string of the molecule is OCCOCCn1cc(CN(Cc2ccccc2)Cc2cn(CCOCCO)nn2)nn1. The Morgan fingerprint density at radius 2 is 1.25 bits per heavy atom. The van der Waals surface area contributed by atoms with Gasteiger partial charge in [0.2, 0.25) is 0 Å². The second-order valence-corrected chi connectivity index (χ2v) is 7.25. The molecule has 174 valence electrons. The molecular weight excluding hydrogens is 414 g/mol. The number of ether oxygens (including phenoxy) is 2. The molecule has 0 saturated carbocycles. The summed E-state index contributed by atoms with van der Waals surface area (Å²) in [5.41, 5.74) is 2.91. The average molecular weight is 446 g/mol. The van der Waals surface area contributed by atoms with Crippen LogP contribution in [0.1, 0.15) is 17.0 Å². The second-order valence-electron chi connectivity index (χ2n) is 7.25. The molecule has 3 aromatic rings. The zero-order valence-corrected chi connectivity index (χ0v) is 18.2. The van der Waals surface area contributed by atoms with Gasteiger partial charge in [-0.2, -0.15) is 0 Å². The van der Waals surface area contributed by atoms with Gasteiger partial charge in [0.1, 0.15) is 0 Å². The highest BCUT2D eigenvalue weighted by Crippen LogP contribution is 2.12. The molecule has 3 rings (SSSR count). The van der Waals surface area contributed by atoms with Crippen LogP contribution in [0.25, 0.3) is 0 Å². The molecule has 0 aliphatic rings. The van der Waals surface area contributed by atoms with Crippen molar-refractivity contribution in [1.82, 2.24) is 34.9 Å². The van der Waals surface area contributed by atoms with E-state index < -0.39 is 0 Å². The maximum atomic E-state index is 8.78. The molecule has 2 N–H and O–H groups in total. The number of aliphatic hydroxyl groups excluding tert-OH is 2. The molecule has 11 heteroatoms. The third-order valence-corrected chi connectivity index (χ3v) is 4.59. The highest BCUT2D eigenvalue weighted by atomic mass is 16.5. The smallest absolute Gasteiger partial charge is 0.0967 e. The number of rotatable bonds is 16. The van der Waals surface area contributed by atoms with E-state index in [0.29, 0.717) is 52.6 Å². The highest BCUT2D eigenvalue weighted by Gasteiger charge is 2.13. The Bertz CT molecular complexity index is 835. The molecule has 2 aromatic heterocycles. The molecule has 0 spiro atoms. The minimum atomic E-state index is 0.0113. The molecule has 0 saturated heterocycles. The molecule has 0 radical (unpaired) electrons. The van der Waals surface area contributed by atoms with E-state index in [4.69, 9.17) is 19.7 Å². The van der Waals surface area contributed by atoms with Crippen LogP contribution in [-0.4, -0.2) is 84.7 Å². The minimum Gasteiger partial charge on any atom is -0.394 e. The first-order valence-electron chi connectivity index (χ1n) is 10.7. The summed E-state index contributed by atoms with van der Waals surface area (Å²) in [5.74, 6) is 0. The minimum absolute atomic E-state index is 0.0113. The van der Waals surface area contributed by atoms with Crippen LogP contribution in [0.5, 0.6) is 0 Å². The first-order chi connectivity index (χ1) is 15.8. The zero-order chi connectivity index (χ0) is 22.4. The molecule has 0 fully saturated rings. The van der Waals surface area contributed by atoms with Crippen molar-refractivity contribution in [2.45, 2.75) is 32.7 Å². The second kappa shape index (κ2) is 13.7. The van der Waals surface area contributed by atoms with Gasteiger partial charge in [-0.1, -0.05) is 40.8 Å². The molecule has 0 bridgehead atoms. The Kier molecular flexibility index (Phi) is 10.2. The Hall–Kier alpha value is -2.70. The third kappa shape index (κ3) is 8.44. The summed E-state index contributed by atoms with van der Waals surface area (Å²) in [4.78, 5) is 2.24. The van der Waals surface area contributed by atoms with Crippen molar-refractivity contribution in [3.05, 3.63) is 59.7 Å². The third-order valence-electron chi connectivity index (χ3n) is 4.59. The summed E-state index contributed by atoms with van der Waals surface area (Å²) in [5, 5.41) is 34.5. The molecule has 0 amide bonds. The summed E-state index contributed by atoms with van der Waals surface area (Å²) in [6, 6.07) is 10.2. The Balaban J connectivity index is 1.59. The lowest BCUT2D eigenvalue weighted by Crippen LogP contribution is -2.23. The summed E-state index contributed by atoms with van der Waals surface area (Å²) >= 11 is 0. The highest BCUT2D eigenvalue weighted by molar-refractivity contribution is 5.14. The van der Waals surface area contributed by atoms with E-state index in [1.54, 1.807) is 9.36 Å². The van der Waals surface area contributed by atoms with Gasteiger partial charge in [-0.05, 0) is 5.56 Å². The first-order valence-corrected chi connectivity index (χ1v) is 10.7. The predicted molar refractivity (Wildman–Crippen MR) is 115 cm³/mol. The molecule has 0 aliphatic carbocycles. The average Bonchev–Trinajstić information content (AvgIpc) is 3.44. The quantitative estimate of drug-likeness (QED) is 0.295. The lowest BCUT2D eigenvalue weighted by Gasteiger charge is -2.20. The number of hydrogen-bond acceptors (Lipinski definition) is 9. The molecule has 2 heterocycles. The first kappa shape index (κ1) is 24.0. The van der Waals surface area contributed by atoms with E-state index >= 15 is 0 Å². The number of nitrogens with zero attached hydrogens (tertiary/aromatic N) is 7. The fourth-order valence-electron chi connectivity index (χ4n) is 3.16. The van der Waals surface area contributed by atoms with E-state index in [1.165, 1.54) is 5.56 Å². The van der Waals surface area contributed by atoms with Gasteiger partial charge in [0, 0.05) is 32.0 Å². The molecule has 0 unspecified atom stereocenters. The van der Waals surface area contributed by atoms with E-state index in [1.807, 2.05) is 30.6 Å². The summed E-state index contributed by atoms with van der Waals surface area (Å²) in [6.45, 7) is 4.73. The van der Waals surface area contributed by atoms with Crippen molar-refractivity contribution in [2.24, 2.45) is 0 Å². The largest absolute Gasteiger partial charge is 0.394 e. The topological polar surface area (TPSA) is 124 Å². The Labute approximate surface area is 187 Å². The number of aromatic nitrogens is 6. The van der Waals surface area contributed by atoms with Crippen LogP contribution < -0.4 is 0 Å². The van der Waals surface area contributed by atoms with E-state index in [9.17, 15) is 0 Å². The fourth-order valence-corrected chi connectivity index (χ4v) is 3.16. The molecule has 11 nitrogen and oxygen atoms in total. The molecule has 0 aliphatic heterocycles. The van der Waals surface area contributed by atoms with Crippen molar-refractivity contribution in [1.29, 1.82) is 0 Å². The van der Waals surface area contributed by atoms with Crippen molar-refractivity contribution >= 4 is 0 Å². The maximum Gasteiger partial charge on any atom is 0.0967 e. The van der Waals surface area contributed by atoms with Gasteiger partial charge in [0.25, 0.3) is 0 Å². The fraction of sp³-hybridized carbons (Fsp3) is 0.524. The normalized spacial score (nSPS) is 11.5. The van der Waals surface area contributed by atoms with Gasteiger partial charge in [-0.15, -0.1) is 10.2 Å². The summed E-state index contributed by atoms with van der Waals surface area (Å²) < 4.78 is 14.1. The Morgan fingerprint density at radius 1 is 0.719 bits per heavy atom. The number of hydrogen-bond donors (Lipinski definition) is 2. The molecular formula is C21H31N7O4. The van der Waals surface area contributed by atoms with Crippen molar-refractivity contribution < 1.29 is 19.7 Å². The van der Waals surface area contributed by atoms with Gasteiger partial charge >= 0.3 is 0 Å². The summed E-state index contributed by atoms with van der Waals surface area (Å²) in [6.07, 6.45) is 3.82. The monoisotopic (exact) mass is 445 g/mol. The van der Waals surface area contributed by atoms with Crippen LogP contribution in [0.4, 0.5) is 0 Å². The Morgan fingerprint density at radius 3 is 1.75 bits per heavy atom. The van der Waals surface area contributed by atoms with Crippen LogP contribution in [0.3, 0.4) is 0 Å². The van der Waals surface area contributed by atoms with Crippen molar-refractivity contribution in [3.63, 3.8) is 0 Å². The maximum absolute atomic E-state index is 8.78. The standard InChI is InChI=1S/C21H31N7O4/c29-8-12-31-10-6-27-17-20(22-24-27)15-26(14-19-4-2-1-3-5-19)16-21-18-28(25-23-21)7-11-32-13-9-30/h1-5,17-18,29-30H,6-16H2. The van der Waals surface area contributed by atoms with Gasteiger partial charge in [-0.25, -0.2) is 9.36 Å². The van der Waals surface area contributed by atoms with Crippen LogP contribution in [0, 0.1) is 0 Å². The van der Waals surface area contributed by atoms with E-state index in [0.717, 1.165) is 17.9 Å². The number of aliphatic hydroxyl groups is 2. The van der Waals surface area contributed by atoms with Crippen LogP contribution in [-0.2, 0) is 42.2 Å². The predicted octanol–water partition coefficient (Wildman–Crippen LogP) is 0.0898. The molecule has 0 atom stereocenters. The van der Waals surface area contributed by atoms with Crippen molar-refractivity contribution in [3.8, 4) is 0 Å². The summed E-state index contributed by atoms with van der Waals surface area (Å²) in [7, 11) is 0. The zero-order valence-electron chi connectivity index (χ0n) is 18.2. The van der Waals surface area contributed by atoms with Gasteiger partial charge < -0.3 is 19.7 Å². The van der Waals surface area contributed by atoms with Crippen molar-refractivity contribution in [2.75, 3.05) is 39.6 Å². The van der Waals surface area contributed by atoms with E-state index in [2.05, 4.69) is 37.7 Å². The lowest BCUT2D eigenvalue weighted by molar-refractivity contribution is 0.0851. The van der Waals surface area contributed by atoms with Crippen LogP contribution in [0.15, 0.2) is 42.7 Å². The lowest BCUT2D eigenvalue weighted by atomic mass is 10.2. The molecule has 32 heavy (non-hydrogen) atoms. The van der Waals surface area contributed by atoms with Gasteiger partial charge in [0.15, 0.2) is 0 Å².